The van der Waals surface area contributed by atoms with E-state index in [0.717, 1.165) is 12.1 Å². The Balaban J connectivity index is 2.09. The predicted molar refractivity (Wildman–Crippen MR) is 70.0 cm³/mol. The minimum atomic E-state index is -4.37. The number of nitrogens with zero attached hydrogens (tertiary/aromatic N) is 1. The van der Waals surface area contributed by atoms with E-state index < -0.39 is 17.7 Å². The zero-order valence-electron chi connectivity index (χ0n) is 10.7. The van der Waals surface area contributed by atoms with Gasteiger partial charge in [0.15, 0.2) is 0 Å². The van der Waals surface area contributed by atoms with Crippen LogP contribution in [0.3, 0.4) is 0 Å². The zero-order chi connectivity index (χ0) is 15.5. The summed E-state index contributed by atoms with van der Waals surface area (Å²) in [6.45, 7) is 0.176. The largest absolute Gasteiger partial charge is 0.478 e. The van der Waals surface area contributed by atoms with Crippen LogP contribution in [0.25, 0.3) is 0 Å². The number of hydrogen-bond donors (Lipinski definition) is 2. The van der Waals surface area contributed by atoms with Crippen molar-refractivity contribution < 1.29 is 23.1 Å². The number of halogens is 3. The number of anilines is 1. The number of aromatic nitrogens is 1. The summed E-state index contributed by atoms with van der Waals surface area (Å²) in [6, 6.07) is 7.51. The lowest BCUT2D eigenvalue weighted by atomic mass is 10.1. The van der Waals surface area contributed by atoms with E-state index in [1.807, 2.05) is 0 Å². The fourth-order valence-corrected chi connectivity index (χ4v) is 1.72. The quantitative estimate of drug-likeness (QED) is 0.907. The highest BCUT2D eigenvalue weighted by Crippen LogP contribution is 2.29. The molecule has 2 aromatic rings. The second-order valence-electron chi connectivity index (χ2n) is 4.25. The van der Waals surface area contributed by atoms with Gasteiger partial charge in [-0.15, -0.1) is 0 Å². The zero-order valence-corrected chi connectivity index (χ0v) is 10.7. The smallest absolute Gasteiger partial charge is 0.416 e. The number of carbonyl (C=O) groups is 1. The van der Waals surface area contributed by atoms with Crippen LogP contribution in [0.2, 0.25) is 0 Å². The minimum absolute atomic E-state index is 0.00408. The third kappa shape index (κ3) is 3.71. The van der Waals surface area contributed by atoms with Crippen molar-refractivity contribution in [3.8, 4) is 0 Å². The molecule has 0 saturated heterocycles. The van der Waals surface area contributed by atoms with Crippen LogP contribution in [-0.2, 0) is 12.7 Å². The van der Waals surface area contributed by atoms with Crippen molar-refractivity contribution >= 4 is 11.8 Å². The first-order chi connectivity index (χ1) is 9.88. The van der Waals surface area contributed by atoms with Crippen molar-refractivity contribution in [3.05, 3.63) is 59.3 Å². The number of carboxylic acids is 1. The maximum atomic E-state index is 12.4. The van der Waals surface area contributed by atoms with E-state index in [4.69, 9.17) is 5.11 Å². The Bertz CT molecular complexity index is 639. The molecule has 2 N–H and O–H groups in total. The molecule has 0 bridgehead atoms. The number of alkyl halides is 3. The van der Waals surface area contributed by atoms with E-state index in [2.05, 4.69) is 10.3 Å². The van der Waals surface area contributed by atoms with Crippen LogP contribution in [0.1, 0.15) is 21.5 Å². The van der Waals surface area contributed by atoms with E-state index >= 15 is 0 Å². The van der Waals surface area contributed by atoms with Crippen LogP contribution in [0.5, 0.6) is 0 Å². The Morgan fingerprint density at radius 2 is 1.86 bits per heavy atom. The molecule has 0 atom stereocenters. The van der Waals surface area contributed by atoms with Crippen LogP contribution in [-0.4, -0.2) is 16.1 Å². The average molecular weight is 296 g/mol. The van der Waals surface area contributed by atoms with Gasteiger partial charge in [-0.2, -0.15) is 13.2 Å². The second kappa shape index (κ2) is 5.82. The lowest BCUT2D eigenvalue weighted by molar-refractivity contribution is -0.137. The first-order valence-corrected chi connectivity index (χ1v) is 5.96. The van der Waals surface area contributed by atoms with Crippen molar-refractivity contribution in [2.45, 2.75) is 12.7 Å². The van der Waals surface area contributed by atoms with Gasteiger partial charge in [-0.1, -0.05) is 12.1 Å². The molecule has 0 fully saturated rings. The summed E-state index contributed by atoms with van der Waals surface area (Å²) >= 11 is 0. The van der Waals surface area contributed by atoms with E-state index in [9.17, 15) is 18.0 Å². The van der Waals surface area contributed by atoms with Crippen molar-refractivity contribution in [2.75, 3.05) is 5.32 Å². The summed E-state index contributed by atoms with van der Waals surface area (Å²) in [4.78, 5) is 14.9. The Hall–Kier alpha value is -2.57. The van der Waals surface area contributed by atoms with Crippen molar-refractivity contribution in [3.63, 3.8) is 0 Å². The third-order valence-electron chi connectivity index (χ3n) is 2.78. The Labute approximate surface area is 118 Å². The standard InChI is InChI=1S/C14H11F3N2O2/c15-14(16,17)10-5-3-9(4-6-10)8-19-12-11(13(20)21)2-1-7-18-12/h1-7H,8H2,(H,18,19)(H,20,21). The molecule has 1 heterocycles. The van der Waals surface area contributed by atoms with Crippen LogP contribution >= 0.6 is 0 Å². The van der Waals surface area contributed by atoms with Gasteiger partial charge in [-0.05, 0) is 29.8 Å². The molecule has 0 aliphatic rings. The van der Waals surface area contributed by atoms with E-state index in [-0.39, 0.29) is 17.9 Å². The van der Waals surface area contributed by atoms with Crippen molar-refractivity contribution in [2.24, 2.45) is 0 Å². The number of carboxylic acid groups (broad SMARTS) is 1. The molecule has 110 valence electrons. The van der Waals surface area contributed by atoms with E-state index in [0.29, 0.717) is 5.56 Å². The van der Waals surface area contributed by atoms with E-state index in [1.165, 1.54) is 30.5 Å². The SMILES string of the molecule is O=C(O)c1cccnc1NCc1ccc(C(F)(F)F)cc1. The van der Waals surface area contributed by atoms with Gasteiger partial charge in [-0.3, -0.25) is 0 Å². The van der Waals surface area contributed by atoms with Crippen LogP contribution in [0, 0.1) is 0 Å². The molecule has 0 unspecified atom stereocenters. The molecule has 0 amide bonds. The molecular formula is C14H11F3N2O2. The Morgan fingerprint density at radius 3 is 2.43 bits per heavy atom. The van der Waals surface area contributed by atoms with Crippen molar-refractivity contribution in [1.82, 2.24) is 4.98 Å². The highest BCUT2D eigenvalue weighted by atomic mass is 19.4. The maximum absolute atomic E-state index is 12.4. The fourth-order valence-electron chi connectivity index (χ4n) is 1.72. The molecule has 0 saturated carbocycles. The number of pyridine rings is 1. The first kappa shape index (κ1) is 14.8. The summed E-state index contributed by atoms with van der Waals surface area (Å²) in [6.07, 6.45) is -2.94. The van der Waals surface area contributed by atoms with Gasteiger partial charge in [0, 0.05) is 12.7 Å². The summed E-state index contributed by atoms with van der Waals surface area (Å²) in [7, 11) is 0. The van der Waals surface area contributed by atoms with Crippen LogP contribution in [0.4, 0.5) is 19.0 Å². The molecule has 4 nitrogen and oxygen atoms in total. The highest BCUT2D eigenvalue weighted by Gasteiger charge is 2.29. The predicted octanol–water partition coefficient (Wildman–Crippen LogP) is 3.41. The Morgan fingerprint density at radius 1 is 1.19 bits per heavy atom. The summed E-state index contributed by atoms with van der Waals surface area (Å²) in [5, 5.41) is 11.8. The Kier molecular flexibility index (Phi) is 4.11. The van der Waals surface area contributed by atoms with Gasteiger partial charge in [0.2, 0.25) is 0 Å². The first-order valence-electron chi connectivity index (χ1n) is 5.96. The topological polar surface area (TPSA) is 62.2 Å². The van der Waals surface area contributed by atoms with Gasteiger partial charge in [0.05, 0.1) is 5.56 Å². The molecule has 2 rings (SSSR count). The monoisotopic (exact) mass is 296 g/mol. The lowest BCUT2D eigenvalue weighted by Gasteiger charge is -2.10. The van der Waals surface area contributed by atoms with Gasteiger partial charge in [-0.25, -0.2) is 9.78 Å². The molecule has 0 aliphatic carbocycles. The third-order valence-corrected chi connectivity index (χ3v) is 2.78. The van der Waals surface area contributed by atoms with Crippen molar-refractivity contribution in [1.29, 1.82) is 0 Å². The van der Waals surface area contributed by atoms with Gasteiger partial charge in [0.1, 0.15) is 11.4 Å². The number of hydrogen-bond acceptors (Lipinski definition) is 3. The molecule has 0 aliphatic heterocycles. The summed E-state index contributed by atoms with van der Waals surface area (Å²) in [5.41, 5.74) is -0.135. The fraction of sp³-hybridized carbons (Fsp3) is 0.143. The number of rotatable bonds is 4. The van der Waals surface area contributed by atoms with Crippen LogP contribution < -0.4 is 5.32 Å². The summed E-state index contributed by atoms with van der Waals surface area (Å²) in [5.74, 6) is -0.956. The minimum Gasteiger partial charge on any atom is -0.478 e. The molecule has 21 heavy (non-hydrogen) atoms. The second-order valence-corrected chi connectivity index (χ2v) is 4.25. The van der Waals surface area contributed by atoms with Gasteiger partial charge < -0.3 is 10.4 Å². The molecule has 1 aromatic carbocycles. The lowest BCUT2D eigenvalue weighted by Crippen LogP contribution is -2.09. The normalized spacial score (nSPS) is 11.2. The van der Waals surface area contributed by atoms with E-state index in [1.54, 1.807) is 0 Å². The van der Waals surface area contributed by atoms with Crippen LogP contribution in [0.15, 0.2) is 42.6 Å². The maximum Gasteiger partial charge on any atom is 0.416 e. The van der Waals surface area contributed by atoms with Gasteiger partial charge >= 0.3 is 12.1 Å². The molecule has 1 aromatic heterocycles. The summed E-state index contributed by atoms with van der Waals surface area (Å²) < 4.78 is 37.3. The molecule has 0 spiro atoms. The highest BCUT2D eigenvalue weighted by molar-refractivity contribution is 5.92. The van der Waals surface area contributed by atoms with Gasteiger partial charge in [0.25, 0.3) is 0 Å². The molecule has 0 radical (unpaired) electrons. The number of nitrogens with one attached hydrogen (secondary N) is 1. The number of aromatic carboxylic acids is 1. The average Bonchev–Trinajstić information content (AvgIpc) is 2.45. The number of benzene rings is 1. The molecular weight excluding hydrogens is 285 g/mol. The molecule has 7 heteroatoms.